The number of fused-ring (bicyclic) bond motifs is 1. The number of ether oxygens (including phenoxy) is 1. The molecule has 30 heavy (non-hydrogen) atoms. The van der Waals surface area contributed by atoms with E-state index in [1.807, 2.05) is 31.2 Å². The lowest BCUT2D eigenvalue weighted by atomic mass is 10.0. The lowest BCUT2D eigenvalue weighted by Crippen LogP contribution is -2.12. The van der Waals surface area contributed by atoms with Crippen LogP contribution in [0.4, 0.5) is 5.69 Å². The van der Waals surface area contributed by atoms with Crippen LogP contribution < -0.4 is 10.1 Å². The second-order valence-electron chi connectivity index (χ2n) is 7.61. The van der Waals surface area contributed by atoms with E-state index in [9.17, 15) is 4.79 Å². The van der Waals surface area contributed by atoms with Crippen molar-refractivity contribution in [1.29, 1.82) is 0 Å². The number of anilines is 1. The molecule has 1 aromatic heterocycles. The fraction of sp³-hybridized carbons (Fsp3) is 0.200. The van der Waals surface area contributed by atoms with Gasteiger partial charge in [0.25, 0.3) is 5.91 Å². The molecule has 0 unspecified atom stereocenters. The fourth-order valence-electron chi connectivity index (χ4n) is 3.25. The average molecular weight is 400 g/mol. The summed E-state index contributed by atoms with van der Waals surface area (Å²) < 4.78 is 11.1. The molecule has 0 fully saturated rings. The Labute approximate surface area is 175 Å². The van der Waals surface area contributed by atoms with E-state index in [1.165, 1.54) is 5.56 Å². The zero-order chi connectivity index (χ0) is 21.3. The Morgan fingerprint density at radius 3 is 2.50 bits per heavy atom. The number of oxazole rings is 1. The molecule has 0 saturated heterocycles. The molecule has 1 heterocycles. The van der Waals surface area contributed by atoms with Crippen molar-refractivity contribution >= 4 is 22.7 Å². The first kappa shape index (κ1) is 19.7. The molecule has 4 aromatic rings. The first-order chi connectivity index (χ1) is 14.4. The molecule has 5 nitrogen and oxygen atoms in total. The van der Waals surface area contributed by atoms with Crippen molar-refractivity contribution in [3.05, 3.63) is 77.4 Å². The first-order valence-electron chi connectivity index (χ1n) is 9.91. The minimum absolute atomic E-state index is 0.183. The molecule has 0 atom stereocenters. The zero-order valence-electron chi connectivity index (χ0n) is 17.5. The Hall–Kier alpha value is -3.60. The molecule has 0 aliphatic heterocycles. The third kappa shape index (κ3) is 3.92. The van der Waals surface area contributed by atoms with Gasteiger partial charge in [0.2, 0.25) is 5.89 Å². The first-order valence-corrected chi connectivity index (χ1v) is 9.91. The predicted octanol–water partition coefficient (Wildman–Crippen LogP) is 6.19. The molecule has 0 spiro atoms. The number of aryl methyl sites for hydroxylation is 1. The van der Waals surface area contributed by atoms with E-state index >= 15 is 0 Å². The maximum atomic E-state index is 12.7. The number of aromatic nitrogens is 1. The summed E-state index contributed by atoms with van der Waals surface area (Å²) in [5.41, 5.74) is 5.85. The van der Waals surface area contributed by atoms with Crippen LogP contribution in [0.1, 0.15) is 41.3 Å². The molecule has 1 N–H and O–H groups in total. The highest BCUT2D eigenvalue weighted by Gasteiger charge is 2.13. The molecule has 0 aliphatic carbocycles. The summed E-state index contributed by atoms with van der Waals surface area (Å²) in [4.78, 5) is 17.3. The highest BCUT2D eigenvalue weighted by molar-refractivity contribution is 6.05. The van der Waals surface area contributed by atoms with E-state index < -0.39 is 0 Å². The van der Waals surface area contributed by atoms with Crippen molar-refractivity contribution < 1.29 is 13.9 Å². The van der Waals surface area contributed by atoms with Gasteiger partial charge in [0.15, 0.2) is 5.58 Å². The lowest BCUT2D eigenvalue weighted by Gasteiger charge is -2.10. The van der Waals surface area contributed by atoms with Gasteiger partial charge in [-0.25, -0.2) is 4.98 Å². The summed E-state index contributed by atoms with van der Waals surface area (Å²) >= 11 is 0. The summed E-state index contributed by atoms with van der Waals surface area (Å²) in [6, 6.07) is 18.9. The number of nitrogens with one attached hydrogen (secondary N) is 1. The summed E-state index contributed by atoms with van der Waals surface area (Å²) in [5.74, 6) is 1.48. The third-order valence-corrected chi connectivity index (χ3v) is 5.16. The van der Waals surface area contributed by atoms with Crippen LogP contribution in [0.15, 0.2) is 65.1 Å². The van der Waals surface area contributed by atoms with Crippen molar-refractivity contribution in [2.24, 2.45) is 0 Å². The Kier molecular flexibility index (Phi) is 5.27. The van der Waals surface area contributed by atoms with Crippen LogP contribution in [0.25, 0.3) is 22.6 Å². The van der Waals surface area contributed by atoms with Crippen LogP contribution in [0, 0.1) is 6.92 Å². The molecular weight excluding hydrogens is 376 g/mol. The number of benzene rings is 3. The van der Waals surface area contributed by atoms with E-state index in [2.05, 4.69) is 36.3 Å². The number of carbonyl (C=O) groups is 1. The normalized spacial score (nSPS) is 11.1. The highest BCUT2D eigenvalue weighted by Crippen LogP contribution is 2.29. The van der Waals surface area contributed by atoms with Crippen LogP contribution >= 0.6 is 0 Å². The van der Waals surface area contributed by atoms with Crippen LogP contribution in [0.2, 0.25) is 0 Å². The van der Waals surface area contributed by atoms with Crippen LogP contribution in [-0.4, -0.2) is 18.0 Å². The summed E-state index contributed by atoms with van der Waals surface area (Å²) in [5, 5.41) is 2.98. The monoisotopic (exact) mass is 400 g/mol. The van der Waals surface area contributed by atoms with Crippen molar-refractivity contribution in [2.75, 3.05) is 12.4 Å². The van der Waals surface area contributed by atoms with Gasteiger partial charge in [-0.1, -0.05) is 26.0 Å². The molecule has 0 aliphatic rings. The molecule has 3 aromatic carbocycles. The maximum Gasteiger partial charge on any atom is 0.255 e. The number of carbonyl (C=O) groups excluding carboxylic acids is 1. The number of hydrogen-bond acceptors (Lipinski definition) is 4. The molecule has 152 valence electrons. The van der Waals surface area contributed by atoms with E-state index in [1.54, 1.807) is 31.4 Å². The quantitative estimate of drug-likeness (QED) is 0.434. The van der Waals surface area contributed by atoms with Crippen LogP contribution in [-0.2, 0) is 0 Å². The van der Waals surface area contributed by atoms with Gasteiger partial charge in [-0.15, -0.1) is 0 Å². The molecular formula is C25H24N2O3. The van der Waals surface area contributed by atoms with Crippen molar-refractivity contribution in [3.63, 3.8) is 0 Å². The van der Waals surface area contributed by atoms with Gasteiger partial charge in [0, 0.05) is 16.8 Å². The zero-order valence-corrected chi connectivity index (χ0v) is 17.5. The third-order valence-electron chi connectivity index (χ3n) is 5.16. The Morgan fingerprint density at radius 2 is 1.80 bits per heavy atom. The Balaban J connectivity index is 1.62. The van der Waals surface area contributed by atoms with E-state index in [0.717, 1.165) is 27.9 Å². The van der Waals surface area contributed by atoms with Gasteiger partial charge in [-0.3, -0.25) is 4.79 Å². The van der Waals surface area contributed by atoms with Gasteiger partial charge in [0.1, 0.15) is 11.3 Å². The summed E-state index contributed by atoms with van der Waals surface area (Å²) in [7, 11) is 1.60. The second-order valence-corrected chi connectivity index (χ2v) is 7.61. The minimum Gasteiger partial charge on any atom is -0.497 e. The predicted molar refractivity (Wildman–Crippen MR) is 119 cm³/mol. The number of hydrogen-bond donors (Lipinski definition) is 1. The number of methoxy groups -OCH3 is 1. The minimum atomic E-state index is -0.183. The summed E-state index contributed by atoms with van der Waals surface area (Å²) in [6.45, 7) is 6.26. The SMILES string of the molecule is COc1ccc(C(=O)Nc2cc(-c3nc4cc(C(C)C)ccc4o3)ccc2C)cc1. The van der Waals surface area contributed by atoms with Gasteiger partial charge in [0.05, 0.1) is 7.11 Å². The molecule has 1 amide bonds. The number of amides is 1. The van der Waals surface area contributed by atoms with Crippen LogP contribution in [0.5, 0.6) is 5.75 Å². The standard InChI is InChI=1S/C25H24N2O3/c1-15(2)18-9-12-23-22(13-18)27-25(30-23)19-6-5-16(3)21(14-19)26-24(28)17-7-10-20(29-4)11-8-17/h5-15H,1-4H3,(H,26,28). The Bertz CT molecular complexity index is 1210. The highest BCUT2D eigenvalue weighted by atomic mass is 16.5. The fourth-order valence-corrected chi connectivity index (χ4v) is 3.25. The molecule has 0 saturated carbocycles. The smallest absolute Gasteiger partial charge is 0.255 e. The van der Waals surface area contributed by atoms with Crippen molar-refractivity contribution in [3.8, 4) is 17.2 Å². The van der Waals surface area contributed by atoms with E-state index in [4.69, 9.17) is 9.15 Å². The van der Waals surface area contributed by atoms with Crippen LogP contribution in [0.3, 0.4) is 0 Å². The average Bonchev–Trinajstić information content (AvgIpc) is 3.18. The van der Waals surface area contributed by atoms with E-state index in [0.29, 0.717) is 23.1 Å². The second kappa shape index (κ2) is 8.03. The summed E-state index contributed by atoms with van der Waals surface area (Å²) in [6.07, 6.45) is 0. The topological polar surface area (TPSA) is 64.4 Å². The number of rotatable bonds is 5. The molecule has 0 bridgehead atoms. The van der Waals surface area contributed by atoms with Gasteiger partial charge < -0.3 is 14.5 Å². The van der Waals surface area contributed by atoms with Gasteiger partial charge >= 0.3 is 0 Å². The molecule has 5 heteroatoms. The molecule has 4 rings (SSSR count). The largest absolute Gasteiger partial charge is 0.497 e. The van der Waals surface area contributed by atoms with Crippen molar-refractivity contribution in [2.45, 2.75) is 26.7 Å². The number of nitrogens with zero attached hydrogens (tertiary/aromatic N) is 1. The lowest BCUT2D eigenvalue weighted by molar-refractivity contribution is 0.102. The van der Waals surface area contributed by atoms with Crippen molar-refractivity contribution in [1.82, 2.24) is 4.98 Å². The Morgan fingerprint density at radius 1 is 1.03 bits per heavy atom. The van der Waals surface area contributed by atoms with E-state index in [-0.39, 0.29) is 5.91 Å². The van der Waals surface area contributed by atoms with Gasteiger partial charge in [-0.05, 0) is 72.5 Å². The van der Waals surface area contributed by atoms with Gasteiger partial charge in [-0.2, -0.15) is 0 Å². The molecule has 0 radical (unpaired) electrons. The maximum absolute atomic E-state index is 12.7.